The van der Waals surface area contributed by atoms with Crippen LogP contribution in [0.25, 0.3) is 0 Å². The van der Waals surface area contributed by atoms with Crippen molar-refractivity contribution in [2.45, 2.75) is 51.5 Å². The summed E-state index contributed by atoms with van der Waals surface area (Å²) in [6.45, 7) is 3.97. The van der Waals surface area contributed by atoms with Gasteiger partial charge in [-0.05, 0) is 60.2 Å². The molecule has 3 saturated carbocycles. The van der Waals surface area contributed by atoms with Crippen LogP contribution in [0.2, 0.25) is 0 Å². The molecular weight excluding hydrogens is 343 g/mol. The molecule has 0 aliphatic heterocycles. The largest absolute Gasteiger partial charge is 0.393 e. The number of rotatable bonds is 1. The zero-order chi connectivity index (χ0) is 18.1. The molecule has 4 rings (SSSR count). The van der Waals surface area contributed by atoms with Crippen molar-refractivity contribution < 1.29 is 19.4 Å². The Morgan fingerprint density at radius 2 is 2.04 bits per heavy atom. The summed E-state index contributed by atoms with van der Waals surface area (Å²) in [5.41, 5.74) is -0.552. The Labute approximate surface area is 152 Å². The lowest BCUT2D eigenvalue weighted by Crippen LogP contribution is -2.58. The average molecular weight is 369 g/mol. The topological polar surface area (TPSA) is 57.5 Å². The highest BCUT2D eigenvalue weighted by molar-refractivity contribution is 6.18. The summed E-state index contributed by atoms with van der Waals surface area (Å²) in [4.78, 5) is 11.8. The monoisotopic (exact) mass is 368 g/mol. The molecule has 3 fully saturated rings. The van der Waals surface area contributed by atoms with Crippen LogP contribution in [0.3, 0.4) is 0 Å². The van der Waals surface area contributed by atoms with Crippen LogP contribution in [-0.2, 0) is 4.79 Å². The molecule has 3 nitrogen and oxygen atoms in total. The molecule has 0 unspecified atom stereocenters. The Hall–Kier alpha value is -0.710. The summed E-state index contributed by atoms with van der Waals surface area (Å²) in [5.74, 6) is 0.191. The number of ketones is 1. The van der Waals surface area contributed by atoms with Gasteiger partial charge in [0.15, 0.2) is 5.78 Å². The van der Waals surface area contributed by atoms with Crippen LogP contribution in [0.1, 0.15) is 33.1 Å². The number of alkyl halides is 2. The number of halogens is 2. The van der Waals surface area contributed by atoms with Crippen molar-refractivity contribution in [1.82, 2.24) is 0 Å². The van der Waals surface area contributed by atoms with E-state index in [1.807, 2.05) is 13.8 Å². The standard InChI is InChI=1S/C20H26ClFO3/c1-19-4-3-11(23)6-14(19)15(22)7-12-13-5-10(9-21)18(25)20(13,2)8-16(24)17(12)19/h3-4,6,10,12-13,15-18,24-25H,5,7-9H2,1-2H3/t10-,12-,13-,15-,16-,17+,18+,19-,20-/m0/s1. The average Bonchev–Trinajstić information content (AvgIpc) is 2.80. The van der Waals surface area contributed by atoms with Gasteiger partial charge in [-0.15, -0.1) is 11.6 Å². The van der Waals surface area contributed by atoms with Gasteiger partial charge in [-0.2, -0.15) is 0 Å². The zero-order valence-electron chi connectivity index (χ0n) is 14.7. The zero-order valence-corrected chi connectivity index (χ0v) is 15.4. The van der Waals surface area contributed by atoms with Gasteiger partial charge in [-0.3, -0.25) is 4.79 Å². The van der Waals surface area contributed by atoms with Crippen LogP contribution >= 0.6 is 11.6 Å². The lowest BCUT2D eigenvalue weighted by Gasteiger charge is -2.58. The van der Waals surface area contributed by atoms with Crippen LogP contribution in [0, 0.1) is 34.5 Å². The van der Waals surface area contributed by atoms with E-state index in [1.165, 1.54) is 12.2 Å². The van der Waals surface area contributed by atoms with Crippen molar-refractivity contribution in [2.75, 3.05) is 5.88 Å². The van der Waals surface area contributed by atoms with E-state index in [0.717, 1.165) is 6.42 Å². The second kappa shape index (κ2) is 5.64. The van der Waals surface area contributed by atoms with E-state index in [4.69, 9.17) is 11.6 Å². The van der Waals surface area contributed by atoms with E-state index in [2.05, 4.69) is 0 Å². The number of aliphatic hydroxyl groups is 2. The van der Waals surface area contributed by atoms with Gasteiger partial charge in [0.05, 0.1) is 12.2 Å². The molecule has 9 atom stereocenters. The summed E-state index contributed by atoms with van der Waals surface area (Å²) < 4.78 is 15.1. The normalized spacial score (nSPS) is 54.6. The van der Waals surface area contributed by atoms with Crippen molar-refractivity contribution in [3.05, 3.63) is 23.8 Å². The first-order valence-corrected chi connectivity index (χ1v) is 9.77. The van der Waals surface area contributed by atoms with E-state index in [9.17, 15) is 15.0 Å². The van der Waals surface area contributed by atoms with E-state index in [1.54, 1.807) is 6.08 Å². The van der Waals surface area contributed by atoms with E-state index in [0.29, 0.717) is 24.3 Å². The number of carbonyl (C=O) groups excluding carboxylic acids is 1. The molecule has 0 heterocycles. The molecule has 138 valence electrons. The van der Waals surface area contributed by atoms with Crippen LogP contribution in [0.4, 0.5) is 4.39 Å². The van der Waals surface area contributed by atoms with Gasteiger partial charge in [0, 0.05) is 17.2 Å². The van der Waals surface area contributed by atoms with Crippen molar-refractivity contribution in [2.24, 2.45) is 34.5 Å². The van der Waals surface area contributed by atoms with Gasteiger partial charge in [-0.25, -0.2) is 4.39 Å². The number of hydrogen-bond acceptors (Lipinski definition) is 3. The Morgan fingerprint density at radius 1 is 1.32 bits per heavy atom. The highest BCUT2D eigenvalue weighted by atomic mass is 35.5. The Balaban J connectivity index is 1.78. The van der Waals surface area contributed by atoms with Gasteiger partial charge < -0.3 is 10.2 Å². The van der Waals surface area contributed by atoms with Crippen molar-refractivity contribution >= 4 is 17.4 Å². The number of allylic oxidation sites excluding steroid dienone is 4. The van der Waals surface area contributed by atoms with Gasteiger partial charge in [0.2, 0.25) is 0 Å². The Kier molecular flexibility index (Phi) is 3.99. The molecule has 0 aromatic rings. The molecule has 4 aliphatic carbocycles. The summed E-state index contributed by atoms with van der Waals surface area (Å²) in [5, 5.41) is 21.8. The summed E-state index contributed by atoms with van der Waals surface area (Å²) >= 11 is 6.07. The molecule has 0 aromatic carbocycles. The van der Waals surface area contributed by atoms with Gasteiger partial charge in [-0.1, -0.05) is 19.9 Å². The first-order valence-electron chi connectivity index (χ1n) is 9.24. The molecule has 0 saturated heterocycles. The van der Waals surface area contributed by atoms with Crippen LogP contribution in [-0.4, -0.2) is 40.3 Å². The molecule has 4 aliphatic rings. The summed E-state index contributed by atoms with van der Waals surface area (Å²) in [6.07, 6.45) is 3.94. The number of carbonyl (C=O) groups is 1. The minimum Gasteiger partial charge on any atom is -0.393 e. The fraction of sp³-hybridized carbons (Fsp3) is 0.750. The minimum absolute atomic E-state index is 0.00565. The quantitative estimate of drug-likeness (QED) is 0.699. The van der Waals surface area contributed by atoms with Crippen LogP contribution in [0.5, 0.6) is 0 Å². The molecule has 2 N–H and O–H groups in total. The molecule has 0 aromatic heterocycles. The smallest absolute Gasteiger partial charge is 0.178 e. The summed E-state index contributed by atoms with van der Waals surface area (Å²) in [6, 6.07) is 0. The minimum atomic E-state index is -1.18. The third-order valence-corrected chi connectivity index (χ3v) is 8.18. The van der Waals surface area contributed by atoms with Crippen molar-refractivity contribution in [1.29, 1.82) is 0 Å². The Morgan fingerprint density at radius 3 is 2.72 bits per heavy atom. The first kappa shape index (κ1) is 17.7. The van der Waals surface area contributed by atoms with E-state index >= 15 is 4.39 Å². The van der Waals surface area contributed by atoms with Gasteiger partial charge in [0.1, 0.15) is 6.17 Å². The molecule has 0 bridgehead atoms. The second-order valence-electron chi connectivity index (χ2n) is 8.99. The SMILES string of the molecule is C[C@]12C[C@H](O)[C@H]3[C@@H](C[C@H](F)C4=CC(=O)C=C[C@@]43C)[C@@H]1C[C@@H](CCl)[C@H]2O. The predicted octanol–water partition coefficient (Wildman–Crippen LogP) is 3.04. The highest BCUT2D eigenvalue weighted by Gasteiger charge is 2.64. The molecule has 0 amide bonds. The number of fused-ring (bicyclic) bond motifs is 5. The summed E-state index contributed by atoms with van der Waals surface area (Å²) in [7, 11) is 0. The third kappa shape index (κ3) is 2.26. The number of hydrogen-bond donors (Lipinski definition) is 2. The van der Waals surface area contributed by atoms with Gasteiger partial charge in [0.25, 0.3) is 0 Å². The molecule has 0 spiro atoms. The third-order valence-electron chi connectivity index (χ3n) is 7.79. The number of aliphatic hydroxyl groups excluding tert-OH is 2. The maximum absolute atomic E-state index is 15.1. The fourth-order valence-electron chi connectivity index (χ4n) is 6.64. The predicted molar refractivity (Wildman–Crippen MR) is 93.9 cm³/mol. The van der Waals surface area contributed by atoms with Crippen LogP contribution in [0.15, 0.2) is 23.8 Å². The first-order chi connectivity index (χ1) is 11.7. The van der Waals surface area contributed by atoms with E-state index < -0.39 is 29.2 Å². The molecule has 5 heteroatoms. The highest BCUT2D eigenvalue weighted by Crippen LogP contribution is 2.65. The lowest BCUT2D eigenvalue weighted by atomic mass is 9.47. The van der Waals surface area contributed by atoms with E-state index in [-0.39, 0.29) is 29.5 Å². The molecule has 25 heavy (non-hydrogen) atoms. The lowest BCUT2D eigenvalue weighted by molar-refractivity contribution is -0.137. The second-order valence-corrected chi connectivity index (χ2v) is 9.30. The van der Waals surface area contributed by atoms with Gasteiger partial charge >= 0.3 is 0 Å². The maximum Gasteiger partial charge on any atom is 0.178 e. The molecule has 0 radical (unpaired) electrons. The van der Waals surface area contributed by atoms with Crippen molar-refractivity contribution in [3.63, 3.8) is 0 Å². The van der Waals surface area contributed by atoms with Crippen molar-refractivity contribution in [3.8, 4) is 0 Å². The maximum atomic E-state index is 15.1. The Bertz CT molecular complexity index is 661. The molecular formula is C20H26ClFO3. The van der Waals surface area contributed by atoms with Crippen LogP contribution < -0.4 is 0 Å². The fourth-order valence-corrected chi connectivity index (χ4v) is 6.93.